The number of amides is 2. The number of nitrogens with one attached hydrogen (secondary N) is 2. The van der Waals surface area contributed by atoms with E-state index < -0.39 is 6.04 Å². The molecule has 0 heterocycles. The number of rotatable bonds is 9. The van der Waals surface area contributed by atoms with Crippen LogP contribution < -0.4 is 10.7 Å². The van der Waals surface area contributed by atoms with Gasteiger partial charge in [-0.15, -0.1) is 0 Å². The molecule has 0 aliphatic carbocycles. The third-order valence-electron chi connectivity index (χ3n) is 3.66. The summed E-state index contributed by atoms with van der Waals surface area (Å²) in [6.45, 7) is 1.86. The standard InChI is InChI=1S/C21H22BrN3O2S/c1-2-3-13-23-25-21(27)19(15-28-14-16-9-5-4-6-10-16)24-20(26)17-11-7-8-12-18(17)22/h2-13,19H,14-15H2,1H3,(H,24,26)(H,25,27)/b3-2+,23-13+. The van der Waals surface area contributed by atoms with Crippen molar-refractivity contribution in [1.82, 2.24) is 10.7 Å². The van der Waals surface area contributed by atoms with Crippen molar-refractivity contribution >= 4 is 45.7 Å². The van der Waals surface area contributed by atoms with Crippen LogP contribution in [0.3, 0.4) is 0 Å². The maximum absolute atomic E-state index is 12.6. The molecule has 146 valence electrons. The molecule has 0 bridgehead atoms. The number of thioether (sulfide) groups is 1. The first kappa shape index (κ1) is 21.9. The van der Waals surface area contributed by atoms with E-state index in [2.05, 4.69) is 31.8 Å². The lowest BCUT2D eigenvalue weighted by atomic mass is 10.2. The first-order valence-electron chi connectivity index (χ1n) is 8.73. The molecule has 0 fully saturated rings. The molecule has 0 radical (unpaired) electrons. The Balaban J connectivity index is 2.03. The summed E-state index contributed by atoms with van der Waals surface area (Å²) < 4.78 is 0.676. The van der Waals surface area contributed by atoms with E-state index in [4.69, 9.17) is 0 Å². The van der Waals surface area contributed by atoms with Crippen LogP contribution in [-0.4, -0.2) is 29.8 Å². The summed E-state index contributed by atoms with van der Waals surface area (Å²) in [5.41, 5.74) is 4.12. The predicted molar refractivity (Wildman–Crippen MR) is 119 cm³/mol. The molecule has 5 nitrogen and oxygen atoms in total. The largest absolute Gasteiger partial charge is 0.339 e. The quantitative estimate of drug-likeness (QED) is 0.436. The van der Waals surface area contributed by atoms with Gasteiger partial charge in [-0.2, -0.15) is 16.9 Å². The Kier molecular flexibility index (Phi) is 9.51. The Labute approximate surface area is 177 Å². The molecule has 1 atom stereocenters. The lowest BCUT2D eigenvalue weighted by molar-refractivity contribution is -0.122. The van der Waals surface area contributed by atoms with Gasteiger partial charge in [0.05, 0.1) is 5.56 Å². The first-order chi connectivity index (χ1) is 13.6. The fraction of sp³-hybridized carbons (Fsp3) is 0.190. The number of hydrogen-bond donors (Lipinski definition) is 2. The van der Waals surface area contributed by atoms with Gasteiger partial charge in [-0.3, -0.25) is 9.59 Å². The van der Waals surface area contributed by atoms with Gasteiger partial charge in [0, 0.05) is 22.2 Å². The van der Waals surface area contributed by atoms with Crippen molar-refractivity contribution in [2.24, 2.45) is 5.10 Å². The van der Waals surface area contributed by atoms with Crippen molar-refractivity contribution in [1.29, 1.82) is 0 Å². The van der Waals surface area contributed by atoms with Crippen LogP contribution in [0.15, 0.2) is 76.3 Å². The molecular formula is C21H22BrN3O2S. The molecule has 2 rings (SSSR count). The minimum atomic E-state index is -0.712. The van der Waals surface area contributed by atoms with E-state index in [1.54, 1.807) is 42.1 Å². The Bertz CT molecular complexity index is 841. The maximum atomic E-state index is 12.6. The fourth-order valence-corrected chi connectivity index (χ4v) is 3.72. The molecule has 28 heavy (non-hydrogen) atoms. The topological polar surface area (TPSA) is 70.6 Å². The van der Waals surface area contributed by atoms with Crippen molar-refractivity contribution < 1.29 is 9.59 Å². The molecule has 0 saturated heterocycles. The van der Waals surface area contributed by atoms with Gasteiger partial charge in [0.15, 0.2) is 0 Å². The van der Waals surface area contributed by atoms with Gasteiger partial charge in [0.2, 0.25) is 0 Å². The molecule has 2 aromatic rings. The molecule has 2 N–H and O–H groups in total. The van der Waals surface area contributed by atoms with Crippen LogP contribution in [0.4, 0.5) is 0 Å². The van der Waals surface area contributed by atoms with Gasteiger partial charge in [0.25, 0.3) is 11.8 Å². The van der Waals surface area contributed by atoms with Gasteiger partial charge in [-0.25, -0.2) is 5.43 Å². The highest BCUT2D eigenvalue weighted by atomic mass is 79.9. The minimum absolute atomic E-state index is 0.314. The van der Waals surface area contributed by atoms with E-state index in [9.17, 15) is 9.59 Å². The third kappa shape index (κ3) is 7.32. The Hall–Kier alpha value is -2.38. The second kappa shape index (κ2) is 12.2. The van der Waals surface area contributed by atoms with Crippen molar-refractivity contribution in [3.05, 3.63) is 82.3 Å². The summed E-state index contributed by atoms with van der Waals surface area (Å²) in [5.74, 6) is 0.500. The van der Waals surface area contributed by atoms with Crippen LogP contribution in [0, 0.1) is 0 Å². The highest BCUT2D eigenvalue weighted by Crippen LogP contribution is 2.17. The van der Waals surface area contributed by atoms with E-state index in [1.807, 2.05) is 43.3 Å². The maximum Gasteiger partial charge on any atom is 0.263 e. The lowest BCUT2D eigenvalue weighted by Gasteiger charge is -2.17. The zero-order chi connectivity index (χ0) is 20.2. The Morgan fingerprint density at radius 3 is 2.57 bits per heavy atom. The zero-order valence-corrected chi connectivity index (χ0v) is 17.9. The number of allylic oxidation sites excluding steroid dienone is 2. The molecular weight excluding hydrogens is 438 g/mol. The summed E-state index contributed by atoms with van der Waals surface area (Å²) >= 11 is 4.94. The van der Waals surface area contributed by atoms with Gasteiger partial charge in [0.1, 0.15) is 6.04 Å². The monoisotopic (exact) mass is 459 g/mol. The average Bonchev–Trinajstić information content (AvgIpc) is 2.71. The van der Waals surface area contributed by atoms with Crippen LogP contribution in [-0.2, 0) is 10.5 Å². The van der Waals surface area contributed by atoms with E-state index >= 15 is 0 Å². The van der Waals surface area contributed by atoms with Crippen molar-refractivity contribution in [3.8, 4) is 0 Å². The van der Waals surface area contributed by atoms with E-state index in [0.717, 1.165) is 11.3 Å². The number of carbonyl (C=O) groups excluding carboxylic acids is 2. The van der Waals surface area contributed by atoms with E-state index in [0.29, 0.717) is 15.8 Å². The number of carbonyl (C=O) groups is 2. The van der Waals surface area contributed by atoms with Gasteiger partial charge in [-0.05, 0) is 46.6 Å². The summed E-state index contributed by atoms with van der Waals surface area (Å²) in [6, 6.07) is 16.4. The second-order valence-corrected chi connectivity index (χ2v) is 7.67. The van der Waals surface area contributed by atoms with Crippen LogP contribution >= 0.6 is 27.7 Å². The van der Waals surface area contributed by atoms with Crippen LogP contribution in [0.5, 0.6) is 0 Å². The SMILES string of the molecule is C/C=C/C=N/NC(=O)C(CSCc1ccccc1)NC(=O)c1ccccc1Br. The van der Waals surface area contributed by atoms with E-state index in [1.165, 1.54) is 6.21 Å². The molecule has 0 aliphatic rings. The minimum Gasteiger partial charge on any atom is -0.339 e. The lowest BCUT2D eigenvalue weighted by Crippen LogP contribution is -2.47. The Morgan fingerprint density at radius 1 is 1.14 bits per heavy atom. The van der Waals surface area contributed by atoms with Crippen LogP contribution in [0.1, 0.15) is 22.8 Å². The normalized spacial score (nSPS) is 12.2. The number of hydrogen-bond acceptors (Lipinski definition) is 4. The molecule has 2 amide bonds. The first-order valence-corrected chi connectivity index (χ1v) is 10.7. The zero-order valence-electron chi connectivity index (χ0n) is 15.5. The van der Waals surface area contributed by atoms with E-state index in [-0.39, 0.29) is 11.8 Å². The molecule has 0 aromatic heterocycles. The van der Waals surface area contributed by atoms with Crippen molar-refractivity contribution in [3.63, 3.8) is 0 Å². The van der Waals surface area contributed by atoms with Crippen LogP contribution in [0.2, 0.25) is 0 Å². The van der Waals surface area contributed by atoms with Crippen molar-refractivity contribution in [2.45, 2.75) is 18.7 Å². The summed E-state index contributed by atoms with van der Waals surface area (Å²) in [5, 5.41) is 6.67. The molecule has 1 unspecified atom stereocenters. The summed E-state index contributed by atoms with van der Waals surface area (Å²) in [6.07, 6.45) is 5.00. The predicted octanol–water partition coefficient (Wildman–Crippen LogP) is 4.16. The molecule has 7 heteroatoms. The third-order valence-corrected chi connectivity index (χ3v) is 5.46. The number of halogens is 1. The summed E-state index contributed by atoms with van der Waals surface area (Å²) in [7, 11) is 0. The molecule has 0 spiro atoms. The molecule has 0 aliphatic heterocycles. The highest BCUT2D eigenvalue weighted by Gasteiger charge is 2.22. The fourth-order valence-electron chi connectivity index (χ4n) is 2.24. The van der Waals surface area contributed by atoms with Gasteiger partial charge in [-0.1, -0.05) is 48.5 Å². The van der Waals surface area contributed by atoms with Gasteiger partial charge >= 0.3 is 0 Å². The number of benzene rings is 2. The number of nitrogens with zero attached hydrogens (tertiary/aromatic N) is 1. The Morgan fingerprint density at radius 2 is 1.86 bits per heavy atom. The molecule has 2 aromatic carbocycles. The summed E-state index contributed by atoms with van der Waals surface area (Å²) in [4.78, 5) is 25.1. The molecule has 0 saturated carbocycles. The highest BCUT2D eigenvalue weighted by molar-refractivity contribution is 9.10. The van der Waals surface area contributed by atoms with Crippen molar-refractivity contribution in [2.75, 3.05) is 5.75 Å². The van der Waals surface area contributed by atoms with Gasteiger partial charge < -0.3 is 5.32 Å². The second-order valence-electron chi connectivity index (χ2n) is 5.79. The smallest absolute Gasteiger partial charge is 0.263 e. The van der Waals surface area contributed by atoms with Crippen LogP contribution in [0.25, 0.3) is 0 Å². The average molecular weight is 460 g/mol. The number of hydrazone groups is 1.